The molecule has 0 amide bonds. The maximum atomic E-state index is 10.4. The van der Waals surface area contributed by atoms with Crippen LogP contribution >= 0.6 is 0 Å². The molecule has 0 aliphatic heterocycles. The first-order valence-electron chi connectivity index (χ1n) is 3.86. The molecule has 0 spiro atoms. The molecule has 13 heavy (non-hydrogen) atoms. The molecule has 0 unspecified atom stereocenters. The highest BCUT2D eigenvalue weighted by Gasteiger charge is 2.08. The summed E-state index contributed by atoms with van der Waals surface area (Å²) in [6.07, 6.45) is 0.630. The van der Waals surface area contributed by atoms with Gasteiger partial charge in [-0.15, -0.1) is 0 Å². The number of aryl methyl sites for hydroxylation is 1. The Bertz CT molecular complexity index is 380. The Morgan fingerprint density at radius 2 is 2.31 bits per heavy atom. The van der Waals surface area contributed by atoms with E-state index in [9.17, 15) is 10.1 Å². The second kappa shape index (κ2) is 3.68. The lowest BCUT2D eigenvalue weighted by atomic mass is 10.1. The highest BCUT2D eigenvalue weighted by Crippen LogP contribution is 2.17. The molecule has 1 aromatic carbocycles. The first-order chi connectivity index (χ1) is 6.19. The van der Waals surface area contributed by atoms with E-state index in [1.54, 1.807) is 0 Å². The van der Waals surface area contributed by atoms with Crippen molar-refractivity contribution in [2.45, 2.75) is 13.3 Å². The van der Waals surface area contributed by atoms with Crippen LogP contribution in [-0.2, 0) is 6.42 Å². The first-order valence-corrected chi connectivity index (χ1v) is 3.86. The molecule has 0 atom stereocenters. The van der Waals surface area contributed by atoms with Crippen LogP contribution in [0.1, 0.15) is 18.1 Å². The fourth-order valence-corrected chi connectivity index (χ4v) is 1.10. The molecule has 0 saturated heterocycles. The Morgan fingerprint density at radius 1 is 1.62 bits per heavy atom. The van der Waals surface area contributed by atoms with Crippen LogP contribution in [0.2, 0.25) is 0 Å². The average molecular weight is 176 g/mol. The molecule has 4 nitrogen and oxygen atoms in total. The summed E-state index contributed by atoms with van der Waals surface area (Å²) in [5, 5.41) is 19.1. The normalized spacial score (nSPS) is 9.23. The van der Waals surface area contributed by atoms with Crippen molar-refractivity contribution in [3.05, 3.63) is 39.4 Å². The fraction of sp³-hybridized carbons (Fsp3) is 0.222. The summed E-state index contributed by atoms with van der Waals surface area (Å²) in [5.74, 6) is 0. The van der Waals surface area contributed by atoms with Crippen LogP contribution in [-0.4, -0.2) is 4.92 Å². The number of non-ortho nitro benzene ring substituents is 1. The van der Waals surface area contributed by atoms with Crippen molar-refractivity contribution in [3.8, 4) is 6.07 Å². The van der Waals surface area contributed by atoms with Crippen molar-refractivity contribution >= 4 is 5.69 Å². The highest BCUT2D eigenvalue weighted by atomic mass is 16.6. The lowest BCUT2D eigenvalue weighted by Crippen LogP contribution is -1.92. The van der Waals surface area contributed by atoms with Crippen LogP contribution in [0.4, 0.5) is 5.69 Å². The third-order valence-electron chi connectivity index (χ3n) is 1.80. The highest BCUT2D eigenvalue weighted by molar-refractivity contribution is 5.45. The third kappa shape index (κ3) is 1.82. The number of nitro groups is 1. The summed E-state index contributed by atoms with van der Waals surface area (Å²) in [4.78, 5) is 9.93. The maximum absolute atomic E-state index is 10.4. The largest absolute Gasteiger partial charge is 0.269 e. The van der Waals surface area contributed by atoms with E-state index in [-0.39, 0.29) is 5.69 Å². The topological polar surface area (TPSA) is 66.9 Å². The Hall–Kier alpha value is -1.89. The smallest absolute Gasteiger partial charge is 0.258 e. The van der Waals surface area contributed by atoms with Crippen LogP contribution in [0.15, 0.2) is 18.2 Å². The summed E-state index contributed by atoms with van der Waals surface area (Å²) in [6, 6.07) is 6.26. The molecule has 4 heteroatoms. The van der Waals surface area contributed by atoms with Gasteiger partial charge in [0.1, 0.15) is 0 Å². The van der Waals surface area contributed by atoms with E-state index in [4.69, 9.17) is 5.26 Å². The van der Waals surface area contributed by atoms with Gasteiger partial charge in [-0.3, -0.25) is 10.1 Å². The lowest BCUT2D eigenvalue weighted by Gasteiger charge is -1.98. The van der Waals surface area contributed by atoms with Gasteiger partial charge in [-0.25, -0.2) is 0 Å². The second-order valence-electron chi connectivity index (χ2n) is 2.56. The van der Waals surface area contributed by atoms with Gasteiger partial charge in [0.05, 0.1) is 16.6 Å². The molecule has 66 valence electrons. The standard InChI is InChI=1S/C9H8N2O2/c1-2-7-5-9(11(12)13)4-3-8(7)6-10/h3-5H,2H2,1H3. The Labute approximate surface area is 75.6 Å². The van der Waals surface area contributed by atoms with E-state index < -0.39 is 4.92 Å². The first kappa shape index (κ1) is 9.20. The van der Waals surface area contributed by atoms with E-state index >= 15 is 0 Å². The number of nitrogens with zero attached hydrogens (tertiary/aromatic N) is 2. The fourth-order valence-electron chi connectivity index (χ4n) is 1.10. The van der Waals surface area contributed by atoms with Gasteiger partial charge in [0.15, 0.2) is 0 Å². The summed E-state index contributed by atoms with van der Waals surface area (Å²) >= 11 is 0. The number of hydrogen-bond donors (Lipinski definition) is 0. The van der Waals surface area contributed by atoms with Crippen molar-refractivity contribution in [3.63, 3.8) is 0 Å². The van der Waals surface area contributed by atoms with Crippen LogP contribution in [0.3, 0.4) is 0 Å². The van der Waals surface area contributed by atoms with Crippen LogP contribution in [0.5, 0.6) is 0 Å². The molecule has 1 rings (SSSR count). The van der Waals surface area contributed by atoms with Crippen LogP contribution in [0.25, 0.3) is 0 Å². The molecule has 1 aromatic rings. The zero-order valence-electron chi connectivity index (χ0n) is 7.15. The summed E-state index contributed by atoms with van der Waals surface area (Å²) < 4.78 is 0. The van der Waals surface area contributed by atoms with Gasteiger partial charge in [-0.05, 0) is 18.1 Å². The zero-order chi connectivity index (χ0) is 9.84. The van der Waals surface area contributed by atoms with Gasteiger partial charge in [-0.2, -0.15) is 5.26 Å². The number of nitro benzene ring substituents is 1. The third-order valence-corrected chi connectivity index (χ3v) is 1.80. The second-order valence-corrected chi connectivity index (χ2v) is 2.56. The molecule has 0 radical (unpaired) electrons. The number of hydrogen-bond acceptors (Lipinski definition) is 3. The summed E-state index contributed by atoms with van der Waals surface area (Å²) in [6.45, 7) is 1.86. The van der Waals surface area contributed by atoms with E-state index in [1.165, 1.54) is 18.2 Å². The molecule has 0 bridgehead atoms. The van der Waals surface area contributed by atoms with E-state index in [0.29, 0.717) is 12.0 Å². The van der Waals surface area contributed by atoms with E-state index in [0.717, 1.165) is 5.56 Å². The van der Waals surface area contributed by atoms with Crippen molar-refractivity contribution < 1.29 is 4.92 Å². The molecule has 0 aromatic heterocycles. The van der Waals surface area contributed by atoms with Gasteiger partial charge < -0.3 is 0 Å². The lowest BCUT2D eigenvalue weighted by molar-refractivity contribution is -0.384. The molecule has 0 heterocycles. The maximum Gasteiger partial charge on any atom is 0.269 e. The molecular weight excluding hydrogens is 168 g/mol. The molecule has 0 N–H and O–H groups in total. The monoisotopic (exact) mass is 176 g/mol. The summed E-state index contributed by atoms with van der Waals surface area (Å²) in [5.41, 5.74) is 1.26. The molecular formula is C9H8N2O2. The predicted octanol–water partition coefficient (Wildman–Crippen LogP) is 2.03. The van der Waals surface area contributed by atoms with Gasteiger partial charge in [0, 0.05) is 12.1 Å². The Morgan fingerprint density at radius 3 is 2.77 bits per heavy atom. The van der Waals surface area contributed by atoms with Crippen molar-refractivity contribution in [1.82, 2.24) is 0 Å². The number of nitriles is 1. The van der Waals surface area contributed by atoms with Gasteiger partial charge in [0.2, 0.25) is 0 Å². The van der Waals surface area contributed by atoms with Crippen molar-refractivity contribution in [2.75, 3.05) is 0 Å². The van der Waals surface area contributed by atoms with Crippen molar-refractivity contribution in [2.24, 2.45) is 0 Å². The minimum absolute atomic E-state index is 0.0378. The quantitative estimate of drug-likeness (QED) is 0.511. The molecule has 0 saturated carbocycles. The Kier molecular flexibility index (Phi) is 2.60. The predicted molar refractivity (Wildman–Crippen MR) is 47.2 cm³/mol. The van der Waals surface area contributed by atoms with E-state index in [2.05, 4.69) is 0 Å². The van der Waals surface area contributed by atoms with Crippen LogP contribution < -0.4 is 0 Å². The van der Waals surface area contributed by atoms with Crippen molar-refractivity contribution in [1.29, 1.82) is 5.26 Å². The molecule has 0 aliphatic rings. The SMILES string of the molecule is CCc1cc([N+](=O)[O-])ccc1C#N. The number of rotatable bonds is 2. The average Bonchev–Trinajstić information content (AvgIpc) is 2.16. The van der Waals surface area contributed by atoms with Gasteiger partial charge in [-0.1, -0.05) is 6.92 Å². The Balaban J connectivity index is 3.23. The van der Waals surface area contributed by atoms with Gasteiger partial charge in [0.25, 0.3) is 5.69 Å². The summed E-state index contributed by atoms with van der Waals surface area (Å²) in [7, 11) is 0. The van der Waals surface area contributed by atoms with Gasteiger partial charge >= 0.3 is 0 Å². The zero-order valence-corrected chi connectivity index (χ0v) is 7.15. The molecule has 0 fully saturated rings. The van der Waals surface area contributed by atoms with Crippen LogP contribution in [0, 0.1) is 21.4 Å². The minimum atomic E-state index is -0.458. The minimum Gasteiger partial charge on any atom is -0.258 e. The molecule has 0 aliphatic carbocycles. The number of benzene rings is 1. The van der Waals surface area contributed by atoms with E-state index in [1.807, 2.05) is 13.0 Å².